The first kappa shape index (κ1) is 39.1. The number of rotatable bonds is 8. The van der Waals surface area contributed by atoms with Crippen LogP contribution in [0, 0.1) is 25.0 Å². The third-order valence-electron chi connectivity index (χ3n) is 9.05. The van der Waals surface area contributed by atoms with Gasteiger partial charge >= 0.3 is 0 Å². The summed E-state index contributed by atoms with van der Waals surface area (Å²) < 4.78 is 6.49. The van der Waals surface area contributed by atoms with E-state index in [9.17, 15) is 0 Å². The van der Waals surface area contributed by atoms with Gasteiger partial charge in [0, 0.05) is 67.4 Å². The molecule has 0 atom stereocenters. The van der Waals surface area contributed by atoms with E-state index < -0.39 is 0 Å². The van der Waals surface area contributed by atoms with E-state index in [1.54, 1.807) is 0 Å². The van der Waals surface area contributed by atoms with Gasteiger partial charge in [0.1, 0.15) is 5.82 Å². The monoisotopic (exact) mass is 878 g/mol. The Morgan fingerprint density at radius 3 is 1.94 bits per heavy atom. The number of aromatic nitrogens is 1. The van der Waals surface area contributed by atoms with E-state index in [1.807, 2.05) is 60.8 Å². The number of hydrogen-bond acceptors (Lipinski definition) is 5. The molecule has 0 saturated carbocycles. The molecule has 6 aromatic rings. The minimum Gasteiger partial charge on any atom is -0.509 e. The Morgan fingerprint density at radius 2 is 1.28 bits per heavy atom. The number of allylic oxidation sites excluding steroid dienone is 1. The third-order valence-corrected chi connectivity index (χ3v) is 9.05. The van der Waals surface area contributed by atoms with E-state index in [-0.39, 0.29) is 39.3 Å². The Hall–Kier alpha value is -5.12. The number of ether oxygens (including phenoxy) is 1. The van der Waals surface area contributed by atoms with Gasteiger partial charge < -0.3 is 26.9 Å². The van der Waals surface area contributed by atoms with Gasteiger partial charge in [-0.05, 0) is 58.5 Å². The Labute approximate surface area is 330 Å². The Bertz CT molecular complexity index is 2130. The van der Waals surface area contributed by atoms with Crippen molar-refractivity contribution in [2.75, 3.05) is 21.4 Å². The fraction of sp³-hybridized carbons (Fsp3) is 0.191. The van der Waals surface area contributed by atoms with Crippen LogP contribution in [0.5, 0.6) is 11.5 Å². The smallest absolute Gasteiger partial charge is 0.135 e. The van der Waals surface area contributed by atoms with Crippen LogP contribution in [0.1, 0.15) is 47.1 Å². The number of anilines is 5. The predicted molar refractivity (Wildman–Crippen MR) is 217 cm³/mol. The number of benzene rings is 5. The number of hydrogen-bond donors (Lipinski definition) is 0. The average Bonchev–Trinajstić information content (AvgIpc) is 3.60. The molecule has 7 rings (SSSR count). The first-order valence-corrected chi connectivity index (χ1v) is 17.5. The molecule has 0 amide bonds. The fourth-order valence-corrected chi connectivity index (χ4v) is 6.30. The second-order valence-corrected chi connectivity index (χ2v) is 14.9. The van der Waals surface area contributed by atoms with E-state index in [0.29, 0.717) is 18.2 Å². The van der Waals surface area contributed by atoms with Gasteiger partial charge in [0.05, 0.1) is 6.67 Å². The molecular weight excluding hydrogens is 832 g/mol. The maximum Gasteiger partial charge on any atom is 0.135 e. The van der Waals surface area contributed by atoms with Crippen LogP contribution in [0.25, 0.3) is 11.1 Å². The molecule has 274 valence electrons. The largest absolute Gasteiger partial charge is 0.509 e. The minimum absolute atomic E-state index is 0. The summed E-state index contributed by atoms with van der Waals surface area (Å²) in [7, 11) is 0. The summed E-state index contributed by atoms with van der Waals surface area (Å²) in [5.41, 5.74) is 8.64. The maximum atomic E-state index is 6.49. The van der Waals surface area contributed by atoms with Crippen molar-refractivity contribution in [3.63, 3.8) is 0 Å². The van der Waals surface area contributed by atoms with E-state index in [1.165, 1.54) is 22.4 Å². The van der Waals surface area contributed by atoms with Crippen LogP contribution in [-0.2, 0) is 26.5 Å². The number of nitrogens with zero attached hydrogens (tertiary/aromatic N) is 4. The number of pyridine rings is 1. The van der Waals surface area contributed by atoms with Gasteiger partial charge in [-0.3, -0.25) is 0 Å². The van der Waals surface area contributed by atoms with Crippen LogP contribution in [0.3, 0.4) is 0 Å². The molecule has 1 aliphatic rings. The molecule has 6 heteroatoms. The Kier molecular flexibility index (Phi) is 12.0. The molecule has 5 aromatic carbocycles. The van der Waals surface area contributed by atoms with Crippen LogP contribution in [0.15, 0.2) is 152 Å². The minimum atomic E-state index is -0.0925. The van der Waals surface area contributed by atoms with Crippen molar-refractivity contribution in [1.82, 2.24) is 4.98 Å². The molecule has 2 heterocycles. The summed E-state index contributed by atoms with van der Waals surface area (Å²) in [5, 5.41) is 0. The molecule has 0 unspecified atom stereocenters. The Balaban J connectivity index is 0.00000271. The van der Waals surface area contributed by atoms with Crippen LogP contribution in [-0.4, -0.2) is 11.7 Å². The van der Waals surface area contributed by atoms with Crippen molar-refractivity contribution in [2.45, 2.75) is 47.0 Å². The molecule has 0 radical (unpaired) electrons. The molecule has 53 heavy (non-hydrogen) atoms. The Morgan fingerprint density at radius 1 is 0.660 bits per heavy atom. The zero-order valence-corrected chi connectivity index (χ0v) is 33.8. The first-order valence-electron chi connectivity index (χ1n) is 17.5. The van der Waals surface area contributed by atoms with Gasteiger partial charge in [-0.25, -0.2) is 4.98 Å². The molecule has 0 saturated heterocycles. The second-order valence-electron chi connectivity index (χ2n) is 14.9. The van der Waals surface area contributed by atoms with E-state index in [2.05, 4.69) is 153 Å². The fourth-order valence-electron chi connectivity index (χ4n) is 6.30. The van der Waals surface area contributed by atoms with E-state index >= 15 is 0 Å². The molecule has 0 spiro atoms. The topological polar surface area (TPSA) is 31.8 Å². The van der Waals surface area contributed by atoms with Gasteiger partial charge in [-0.1, -0.05) is 114 Å². The SMILES string of the molecule is CC(C)(C)C1=CN(c2ccc(-c3ccccc3)cc2)CN1c1[c-]c(Oc2[c-]c(N(c3ccccc3)c3cc(C(C)(C)C)ccn3)ccc2)ccc1.[CH3-].[Pt]. The molecule has 0 fully saturated rings. The van der Waals surface area contributed by atoms with E-state index in [4.69, 9.17) is 9.72 Å². The standard InChI is InChI=1S/C46H44N4O.CH3.Pt/c1-45(2,3)36-27-28-47-44(29-36)50(38-17-11-8-12-18-38)40-20-14-22-42(31-40)51-41-21-13-19-39(30-41)49-33-48(32-43(49)46(4,5)6)37-25-23-35(24-26-37)34-15-9-7-10-16-34;;/h7-29,32H,33H2,1-6H3;1H3;/q-2;-1;. The normalized spacial score (nSPS) is 12.8. The van der Waals surface area contributed by atoms with Crippen molar-refractivity contribution < 1.29 is 25.8 Å². The summed E-state index contributed by atoms with van der Waals surface area (Å²) in [6.45, 7) is 14.1. The van der Waals surface area contributed by atoms with Gasteiger partial charge in [0.15, 0.2) is 0 Å². The van der Waals surface area contributed by atoms with Crippen molar-refractivity contribution in [3.05, 3.63) is 177 Å². The quantitative estimate of drug-likeness (QED) is 0.142. The third kappa shape index (κ3) is 8.92. The van der Waals surface area contributed by atoms with Crippen molar-refractivity contribution in [3.8, 4) is 22.6 Å². The maximum absolute atomic E-state index is 6.49. The summed E-state index contributed by atoms with van der Waals surface area (Å²) in [5.74, 6) is 2.05. The first-order chi connectivity index (χ1) is 24.5. The van der Waals surface area contributed by atoms with Gasteiger partial charge in [0.2, 0.25) is 0 Å². The molecule has 5 nitrogen and oxygen atoms in total. The van der Waals surface area contributed by atoms with Crippen LogP contribution < -0.4 is 19.4 Å². The summed E-state index contributed by atoms with van der Waals surface area (Å²) >= 11 is 0. The number of para-hydroxylation sites is 1. The van der Waals surface area contributed by atoms with Crippen LogP contribution in [0.4, 0.5) is 28.6 Å². The van der Waals surface area contributed by atoms with Gasteiger partial charge in [-0.15, -0.1) is 36.4 Å². The zero-order valence-electron chi connectivity index (χ0n) is 31.6. The van der Waals surface area contributed by atoms with Crippen molar-refractivity contribution >= 4 is 28.6 Å². The molecular formula is C47H47N4OPt-3. The van der Waals surface area contributed by atoms with Crippen LogP contribution in [0.2, 0.25) is 0 Å². The predicted octanol–water partition coefficient (Wildman–Crippen LogP) is 12.5. The van der Waals surface area contributed by atoms with E-state index in [0.717, 1.165) is 28.6 Å². The van der Waals surface area contributed by atoms with Crippen LogP contribution >= 0.6 is 0 Å². The van der Waals surface area contributed by atoms with Crippen molar-refractivity contribution in [2.24, 2.45) is 5.41 Å². The molecule has 0 aliphatic carbocycles. The molecule has 1 aliphatic heterocycles. The summed E-state index contributed by atoms with van der Waals surface area (Å²) in [6, 6.07) is 52.9. The summed E-state index contributed by atoms with van der Waals surface area (Å²) in [6.07, 6.45) is 4.14. The summed E-state index contributed by atoms with van der Waals surface area (Å²) in [4.78, 5) is 11.5. The molecule has 0 bridgehead atoms. The van der Waals surface area contributed by atoms with Gasteiger partial charge in [-0.2, -0.15) is 12.1 Å². The van der Waals surface area contributed by atoms with Gasteiger partial charge in [0.25, 0.3) is 0 Å². The van der Waals surface area contributed by atoms with Crippen molar-refractivity contribution in [1.29, 1.82) is 0 Å². The second kappa shape index (κ2) is 16.3. The average molecular weight is 879 g/mol. The molecule has 1 aromatic heterocycles. The zero-order chi connectivity index (χ0) is 35.6. The molecule has 0 N–H and O–H groups in total.